The summed E-state index contributed by atoms with van der Waals surface area (Å²) < 4.78 is 5.36. The number of ether oxygens (including phenoxy) is 1. The molecule has 0 aliphatic carbocycles. The molecule has 0 unspecified atom stereocenters. The highest BCUT2D eigenvalue weighted by Gasteiger charge is 2.11. The van der Waals surface area contributed by atoms with Gasteiger partial charge in [0, 0.05) is 11.6 Å². The molecule has 2 rings (SSSR count). The Kier molecular flexibility index (Phi) is 3.52. The SMILES string of the molecule is CCOc1ccc2[nH]c(CNC(C)(C)C)nc2n1. The van der Waals surface area contributed by atoms with Crippen LogP contribution in [0.5, 0.6) is 5.88 Å². The number of imidazole rings is 1. The third-order valence-corrected chi connectivity index (χ3v) is 2.45. The molecule has 0 saturated carbocycles. The molecule has 98 valence electrons. The fraction of sp³-hybridized carbons (Fsp3) is 0.538. The Labute approximate surface area is 107 Å². The first-order valence-corrected chi connectivity index (χ1v) is 6.21. The van der Waals surface area contributed by atoms with E-state index in [1.165, 1.54) is 0 Å². The summed E-state index contributed by atoms with van der Waals surface area (Å²) in [6.45, 7) is 9.63. The van der Waals surface area contributed by atoms with Gasteiger partial charge in [0.05, 0.1) is 18.7 Å². The molecule has 0 spiro atoms. The molecule has 5 heteroatoms. The largest absolute Gasteiger partial charge is 0.478 e. The van der Waals surface area contributed by atoms with Crippen LogP contribution in [-0.4, -0.2) is 27.1 Å². The normalized spacial score (nSPS) is 12.0. The highest BCUT2D eigenvalue weighted by molar-refractivity contribution is 5.71. The van der Waals surface area contributed by atoms with Crippen molar-refractivity contribution in [3.63, 3.8) is 0 Å². The van der Waals surface area contributed by atoms with Crippen LogP contribution in [0.3, 0.4) is 0 Å². The van der Waals surface area contributed by atoms with Crippen molar-refractivity contribution < 1.29 is 4.74 Å². The van der Waals surface area contributed by atoms with E-state index in [0.717, 1.165) is 11.3 Å². The Hall–Kier alpha value is -1.62. The molecule has 0 radical (unpaired) electrons. The van der Waals surface area contributed by atoms with Gasteiger partial charge < -0.3 is 15.0 Å². The van der Waals surface area contributed by atoms with Crippen molar-refractivity contribution in [2.45, 2.75) is 39.8 Å². The molecule has 0 saturated heterocycles. The Morgan fingerprint density at radius 3 is 2.72 bits per heavy atom. The second-order valence-electron chi connectivity index (χ2n) is 5.24. The summed E-state index contributed by atoms with van der Waals surface area (Å²) >= 11 is 0. The van der Waals surface area contributed by atoms with Crippen molar-refractivity contribution >= 4 is 11.2 Å². The van der Waals surface area contributed by atoms with Gasteiger partial charge in [0.15, 0.2) is 5.65 Å². The first-order valence-electron chi connectivity index (χ1n) is 6.21. The molecular weight excluding hydrogens is 228 g/mol. The van der Waals surface area contributed by atoms with E-state index in [0.29, 0.717) is 24.7 Å². The van der Waals surface area contributed by atoms with E-state index < -0.39 is 0 Å². The summed E-state index contributed by atoms with van der Waals surface area (Å²) in [5.74, 6) is 1.51. The van der Waals surface area contributed by atoms with Crippen LogP contribution in [0.2, 0.25) is 0 Å². The molecule has 2 N–H and O–H groups in total. The number of nitrogens with zero attached hydrogens (tertiary/aromatic N) is 2. The van der Waals surface area contributed by atoms with Crippen LogP contribution in [0.4, 0.5) is 0 Å². The molecule has 2 aromatic heterocycles. The van der Waals surface area contributed by atoms with Gasteiger partial charge in [0.1, 0.15) is 5.82 Å². The van der Waals surface area contributed by atoms with Crippen LogP contribution in [0.25, 0.3) is 11.2 Å². The molecule has 0 aliphatic heterocycles. The van der Waals surface area contributed by atoms with E-state index in [2.05, 4.69) is 41.0 Å². The lowest BCUT2D eigenvalue weighted by molar-refractivity contribution is 0.328. The minimum absolute atomic E-state index is 0.0723. The van der Waals surface area contributed by atoms with E-state index in [1.807, 2.05) is 19.1 Å². The van der Waals surface area contributed by atoms with Gasteiger partial charge in [-0.3, -0.25) is 0 Å². The van der Waals surface area contributed by atoms with Crippen molar-refractivity contribution in [1.82, 2.24) is 20.3 Å². The maximum atomic E-state index is 5.36. The number of hydrogen-bond donors (Lipinski definition) is 2. The van der Waals surface area contributed by atoms with Crippen molar-refractivity contribution in [3.8, 4) is 5.88 Å². The molecule has 0 aliphatic rings. The predicted octanol–water partition coefficient (Wildman–Crippen LogP) is 2.24. The number of aromatic nitrogens is 3. The number of nitrogens with one attached hydrogen (secondary N) is 2. The van der Waals surface area contributed by atoms with Crippen molar-refractivity contribution in [2.24, 2.45) is 0 Å². The zero-order valence-corrected chi connectivity index (χ0v) is 11.4. The fourth-order valence-electron chi connectivity index (χ4n) is 1.59. The third kappa shape index (κ3) is 3.20. The van der Waals surface area contributed by atoms with Gasteiger partial charge in [0.25, 0.3) is 0 Å². The Morgan fingerprint density at radius 1 is 1.28 bits per heavy atom. The fourth-order valence-corrected chi connectivity index (χ4v) is 1.59. The zero-order chi connectivity index (χ0) is 13.2. The van der Waals surface area contributed by atoms with Gasteiger partial charge in [0.2, 0.25) is 5.88 Å². The van der Waals surface area contributed by atoms with Gasteiger partial charge in [-0.05, 0) is 33.8 Å². The smallest absolute Gasteiger partial charge is 0.215 e. The lowest BCUT2D eigenvalue weighted by atomic mass is 10.1. The first kappa shape index (κ1) is 12.8. The van der Waals surface area contributed by atoms with Crippen LogP contribution >= 0.6 is 0 Å². The zero-order valence-electron chi connectivity index (χ0n) is 11.4. The van der Waals surface area contributed by atoms with Gasteiger partial charge in [-0.15, -0.1) is 0 Å². The molecule has 2 aromatic rings. The minimum Gasteiger partial charge on any atom is -0.478 e. The maximum Gasteiger partial charge on any atom is 0.215 e. The Bertz CT molecular complexity index is 527. The van der Waals surface area contributed by atoms with E-state index in [-0.39, 0.29) is 5.54 Å². The van der Waals surface area contributed by atoms with Gasteiger partial charge in [-0.1, -0.05) is 0 Å². The van der Waals surface area contributed by atoms with Gasteiger partial charge in [-0.25, -0.2) is 4.98 Å². The Balaban J connectivity index is 2.16. The first-order chi connectivity index (χ1) is 8.48. The summed E-state index contributed by atoms with van der Waals surface area (Å²) in [5.41, 5.74) is 1.71. The number of fused-ring (bicyclic) bond motifs is 1. The predicted molar refractivity (Wildman–Crippen MR) is 71.7 cm³/mol. The highest BCUT2D eigenvalue weighted by atomic mass is 16.5. The highest BCUT2D eigenvalue weighted by Crippen LogP contribution is 2.14. The number of rotatable bonds is 4. The molecular formula is C13H20N4O. The third-order valence-electron chi connectivity index (χ3n) is 2.45. The number of aromatic amines is 1. The molecule has 0 amide bonds. The Morgan fingerprint density at radius 2 is 2.06 bits per heavy atom. The summed E-state index contributed by atoms with van der Waals surface area (Å²) in [6, 6.07) is 3.80. The molecule has 0 bridgehead atoms. The van der Waals surface area contributed by atoms with Gasteiger partial charge in [-0.2, -0.15) is 4.98 Å². The standard InChI is InChI=1S/C13H20N4O/c1-5-18-11-7-6-9-12(17-11)16-10(15-9)8-14-13(2,3)4/h6-7,14H,5,8H2,1-4H3,(H,15,16,17). The molecule has 0 aromatic carbocycles. The summed E-state index contributed by atoms with van der Waals surface area (Å²) in [7, 11) is 0. The maximum absolute atomic E-state index is 5.36. The second kappa shape index (κ2) is 4.94. The van der Waals surface area contributed by atoms with E-state index in [9.17, 15) is 0 Å². The van der Waals surface area contributed by atoms with Crippen LogP contribution in [0, 0.1) is 0 Å². The van der Waals surface area contributed by atoms with Crippen LogP contribution in [-0.2, 0) is 6.54 Å². The molecule has 0 fully saturated rings. The second-order valence-corrected chi connectivity index (χ2v) is 5.24. The minimum atomic E-state index is 0.0723. The number of pyridine rings is 1. The average Bonchev–Trinajstić information content (AvgIpc) is 2.68. The molecule has 5 nitrogen and oxygen atoms in total. The molecule has 18 heavy (non-hydrogen) atoms. The lowest BCUT2D eigenvalue weighted by Gasteiger charge is -2.19. The van der Waals surface area contributed by atoms with Gasteiger partial charge >= 0.3 is 0 Å². The van der Waals surface area contributed by atoms with Crippen LogP contribution in [0.15, 0.2) is 12.1 Å². The van der Waals surface area contributed by atoms with E-state index >= 15 is 0 Å². The van der Waals surface area contributed by atoms with Crippen LogP contribution in [0.1, 0.15) is 33.5 Å². The summed E-state index contributed by atoms with van der Waals surface area (Å²) in [4.78, 5) is 12.0. The van der Waals surface area contributed by atoms with Crippen molar-refractivity contribution in [1.29, 1.82) is 0 Å². The monoisotopic (exact) mass is 248 g/mol. The quantitative estimate of drug-likeness (QED) is 0.871. The van der Waals surface area contributed by atoms with E-state index in [4.69, 9.17) is 4.74 Å². The molecule has 2 heterocycles. The van der Waals surface area contributed by atoms with Crippen LogP contribution < -0.4 is 10.1 Å². The summed E-state index contributed by atoms with van der Waals surface area (Å²) in [6.07, 6.45) is 0. The van der Waals surface area contributed by atoms with E-state index in [1.54, 1.807) is 0 Å². The van der Waals surface area contributed by atoms with Crippen molar-refractivity contribution in [3.05, 3.63) is 18.0 Å². The topological polar surface area (TPSA) is 62.8 Å². The number of H-pyrrole nitrogens is 1. The van der Waals surface area contributed by atoms with Crippen molar-refractivity contribution in [2.75, 3.05) is 6.61 Å². The lowest BCUT2D eigenvalue weighted by Crippen LogP contribution is -2.35. The molecule has 0 atom stereocenters. The average molecular weight is 248 g/mol. The summed E-state index contributed by atoms with van der Waals surface area (Å²) in [5, 5.41) is 3.39. The number of hydrogen-bond acceptors (Lipinski definition) is 4.